The van der Waals surface area contributed by atoms with Gasteiger partial charge in [-0.15, -0.1) is 0 Å². The van der Waals surface area contributed by atoms with Gasteiger partial charge in [-0.1, -0.05) is 12.1 Å². The Hall–Kier alpha value is -2.81. The Morgan fingerprint density at radius 2 is 1.70 bits per heavy atom. The first-order valence-corrected chi connectivity index (χ1v) is 11.7. The van der Waals surface area contributed by atoms with E-state index in [-0.39, 0.29) is 17.4 Å². The molecule has 2 rings (SSSR count). The van der Waals surface area contributed by atoms with Gasteiger partial charge in [-0.3, -0.25) is 9.83 Å². The third-order valence-electron chi connectivity index (χ3n) is 3.98. The highest BCUT2D eigenvalue weighted by Gasteiger charge is 2.16. The van der Waals surface area contributed by atoms with E-state index in [2.05, 4.69) is 26.6 Å². The first kappa shape index (κ1) is 26.4. The van der Waals surface area contributed by atoms with Gasteiger partial charge in [0.25, 0.3) is 5.91 Å². The predicted octanol–water partition coefficient (Wildman–Crippen LogP) is 1.46. The highest BCUT2D eigenvalue weighted by atomic mass is 32.2. The Balaban J connectivity index is 2.41. The van der Waals surface area contributed by atoms with Crippen LogP contribution in [0.2, 0.25) is 0 Å². The minimum atomic E-state index is -4.92. The van der Waals surface area contributed by atoms with Gasteiger partial charge in [0.05, 0.1) is 21.8 Å². The van der Waals surface area contributed by atoms with E-state index >= 15 is 0 Å². The summed E-state index contributed by atoms with van der Waals surface area (Å²) in [5.41, 5.74) is 0.810. The van der Waals surface area contributed by atoms with Crippen molar-refractivity contribution in [2.75, 3.05) is 19.7 Å². The van der Waals surface area contributed by atoms with Crippen molar-refractivity contribution in [3.63, 3.8) is 0 Å². The number of ether oxygens (including phenoxy) is 2. The lowest BCUT2D eigenvalue weighted by Crippen LogP contribution is -2.28. The highest BCUT2D eigenvalue weighted by Crippen LogP contribution is 2.37. The maximum atomic E-state index is 11.8. The van der Waals surface area contributed by atoms with Gasteiger partial charge in [-0.25, -0.2) is 8.42 Å². The lowest BCUT2D eigenvalue weighted by molar-refractivity contribution is -0.777. The number of hydrogen-bond acceptors (Lipinski definition) is 11. The average Bonchev–Trinajstić information content (AvgIpc) is 2.76. The second-order valence-corrected chi connectivity index (χ2v) is 8.38. The van der Waals surface area contributed by atoms with E-state index in [9.17, 15) is 23.0 Å². The fourth-order valence-electron chi connectivity index (χ4n) is 2.65. The SMILES string of the molecule is C=C(NCC)Oc1ccc(-c2ccc(OCC(=O)NCC)c(S(=O)(=O)[O-])c2)cc1SOO[O-]. The smallest absolute Gasteiger partial charge is 0.257 e. The molecule has 0 fully saturated rings. The summed E-state index contributed by atoms with van der Waals surface area (Å²) in [6, 6.07) is 8.59. The van der Waals surface area contributed by atoms with Crippen molar-refractivity contribution >= 4 is 28.1 Å². The van der Waals surface area contributed by atoms with Gasteiger partial charge in [-0.05, 0) is 55.8 Å². The third kappa shape index (κ3) is 7.92. The lowest BCUT2D eigenvalue weighted by atomic mass is 10.1. The highest BCUT2D eigenvalue weighted by molar-refractivity contribution is 7.94. The van der Waals surface area contributed by atoms with Crippen molar-refractivity contribution in [3.8, 4) is 22.6 Å². The molecular weight excluding hydrogens is 476 g/mol. The molecule has 0 aliphatic heterocycles. The fourth-order valence-corrected chi connectivity index (χ4v) is 3.76. The summed E-state index contributed by atoms with van der Waals surface area (Å²) in [5.74, 6) is -0.179. The van der Waals surface area contributed by atoms with Crippen molar-refractivity contribution in [1.82, 2.24) is 10.6 Å². The molecule has 0 radical (unpaired) electrons. The monoisotopic (exact) mass is 498 g/mol. The number of carbonyl (C=O) groups is 1. The van der Waals surface area contributed by atoms with E-state index in [0.29, 0.717) is 41.2 Å². The molecule has 0 unspecified atom stereocenters. The summed E-state index contributed by atoms with van der Waals surface area (Å²) in [6.07, 6.45) is 0. The van der Waals surface area contributed by atoms with Gasteiger partial charge < -0.3 is 29.9 Å². The number of likely N-dealkylation sites (N-methyl/N-ethyl adjacent to an activating group) is 1. The largest absolute Gasteiger partial charge is 0.744 e. The molecule has 0 aliphatic carbocycles. The summed E-state index contributed by atoms with van der Waals surface area (Å²) in [7, 11) is -4.92. The second-order valence-electron chi connectivity index (χ2n) is 6.29. The van der Waals surface area contributed by atoms with Crippen LogP contribution >= 0.6 is 12.0 Å². The van der Waals surface area contributed by atoms with Crippen LogP contribution in [0.15, 0.2) is 58.7 Å². The van der Waals surface area contributed by atoms with Crippen LogP contribution in [0.25, 0.3) is 11.1 Å². The van der Waals surface area contributed by atoms with Crippen molar-refractivity contribution in [2.24, 2.45) is 0 Å². The molecule has 2 aromatic carbocycles. The normalized spacial score (nSPS) is 11.0. The van der Waals surface area contributed by atoms with E-state index in [1.165, 1.54) is 18.2 Å². The van der Waals surface area contributed by atoms with Gasteiger partial charge in [0.1, 0.15) is 21.6 Å². The van der Waals surface area contributed by atoms with Gasteiger partial charge >= 0.3 is 0 Å². The molecule has 0 saturated heterocycles. The summed E-state index contributed by atoms with van der Waals surface area (Å²) in [6.45, 7) is 7.77. The Morgan fingerprint density at radius 1 is 1.06 bits per heavy atom. The molecule has 2 N–H and O–H groups in total. The predicted molar refractivity (Wildman–Crippen MR) is 115 cm³/mol. The molecule has 0 atom stereocenters. The lowest BCUT2D eigenvalue weighted by Gasteiger charge is -2.17. The maximum absolute atomic E-state index is 11.8. The molecule has 180 valence electrons. The van der Waals surface area contributed by atoms with Crippen LogP contribution in [-0.4, -0.2) is 38.6 Å². The van der Waals surface area contributed by atoms with E-state index in [1.54, 1.807) is 19.1 Å². The Labute approximate surface area is 195 Å². The van der Waals surface area contributed by atoms with Gasteiger partial charge in [0.15, 0.2) is 12.5 Å². The van der Waals surface area contributed by atoms with E-state index < -0.39 is 27.5 Å². The molecule has 0 spiro atoms. The number of benzene rings is 2. The minimum absolute atomic E-state index is 0.250. The number of rotatable bonds is 13. The summed E-state index contributed by atoms with van der Waals surface area (Å²) in [4.78, 5) is 11.3. The Bertz CT molecular complexity index is 1090. The number of amides is 1. The first-order valence-electron chi connectivity index (χ1n) is 9.57. The molecule has 1 amide bonds. The van der Waals surface area contributed by atoms with Crippen LogP contribution < -0.4 is 25.4 Å². The van der Waals surface area contributed by atoms with Crippen molar-refractivity contribution < 1.29 is 41.9 Å². The third-order valence-corrected chi connectivity index (χ3v) is 5.46. The molecule has 11 nitrogen and oxygen atoms in total. The zero-order valence-corrected chi connectivity index (χ0v) is 19.4. The molecule has 0 aromatic heterocycles. The molecule has 2 aromatic rings. The van der Waals surface area contributed by atoms with Crippen molar-refractivity contribution in [3.05, 3.63) is 48.9 Å². The molecule has 0 saturated carbocycles. The zero-order chi connectivity index (χ0) is 24.4. The molecule has 13 heteroatoms. The van der Waals surface area contributed by atoms with E-state index in [0.717, 1.165) is 6.07 Å². The molecule has 0 heterocycles. The summed E-state index contributed by atoms with van der Waals surface area (Å²) >= 11 is 0.567. The molecular formula is C20H22N2O9S2-2. The van der Waals surface area contributed by atoms with E-state index in [4.69, 9.17) is 9.47 Å². The second kappa shape index (κ2) is 12.4. The van der Waals surface area contributed by atoms with Crippen LogP contribution in [-0.2, 0) is 24.3 Å². The van der Waals surface area contributed by atoms with Crippen LogP contribution in [0, 0.1) is 0 Å². The van der Waals surface area contributed by atoms with Crippen LogP contribution in [0.1, 0.15) is 13.8 Å². The van der Waals surface area contributed by atoms with Crippen molar-refractivity contribution in [1.29, 1.82) is 0 Å². The summed E-state index contributed by atoms with van der Waals surface area (Å²) < 4.78 is 50.6. The van der Waals surface area contributed by atoms with Crippen LogP contribution in [0.4, 0.5) is 0 Å². The first-order chi connectivity index (χ1) is 15.7. The van der Waals surface area contributed by atoms with Gasteiger partial charge in [0.2, 0.25) is 0 Å². The maximum Gasteiger partial charge on any atom is 0.257 e. The quantitative estimate of drug-likeness (QED) is 0.135. The number of nitrogens with one attached hydrogen (secondary N) is 2. The Kier molecular flexibility index (Phi) is 9.96. The van der Waals surface area contributed by atoms with Crippen LogP contribution in [0.5, 0.6) is 11.5 Å². The van der Waals surface area contributed by atoms with E-state index in [1.807, 2.05) is 6.92 Å². The number of carbonyl (C=O) groups excluding carboxylic acids is 1. The molecule has 33 heavy (non-hydrogen) atoms. The molecule has 0 aliphatic rings. The summed E-state index contributed by atoms with van der Waals surface area (Å²) in [5, 5.41) is 19.0. The van der Waals surface area contributed by atoms with Gasteiger partial charge in [0, 0.05) is 13.1 Å². The Morgan fingerprint density at radius 3 is 2.30 bits per heavy atom. The van der Waals surface area contributed by atoms with Crippen LogP contribution in [0.3, 0.4) is 0 Å². The standard InChI is InChI=1S/C20H24N2O9S2/c1-4-21-13(3)29-16-8-6-14(10-18(16)32-31-30-24)15-7-9-17(19(11-15)33(25,26)27)28-12-20(23)22-5-2/h6-11,21,24H,3-5,12H2,1-2H3,(H,22,23)(H,25,26,27)/p-2. The average molecular weight is 499 g/mol. The van der Waals surface area contributed by atoms with Gasteiger partial charge in [-0.2, -0.15) is 4.33 Å². The molecule has 0 bridgehead atoms. The zero-order valence-electron chi connectivity index (χ0n) is 17.8. The van der Waals surface area contributed by atoms with Crippen molar-refractivity contribution in [2.45, 2.75) is 23.6 Å². The fraction of sp³-hybridized carbons (Fsp3) is 0.250. The minimum Gasteiger partial charge on any atom is -0.744 e. The number of hydrogen-bond donors (Lipinski definition) is 2. The topological polar surface area (TPSA) is 158 Å².